The molecule has 15 heteroatoms. The predicted molar refractivity (Wildman–Crippen MR) is 179 cm³/mol. The fraction of sp³-hybridized carbons (Fsp3) is 0.531. The zero-order valence-electron chi connectivity index (χ0n) is 27.0. The quantitative estimate of drug-likeness (QED) is 0.0967. The van der Waals surface area contributed by atoms with Crippen molar-refractivity contribution in [1.29, 1.82) is 0 Å². The molecule has 1 aromatic carbocycles. The highest BCUT2D eigenvalue weighted by Crippen LogP contribution is 2.28. The number of hydrazine groups is 1. The fourth-order valence-corrected chi connectivity index (χ4v) is 6.43. The Hall–Kier alpha value is -3.37. The number of nitrogens with one attached hydrogen (secondary N) is 3. The van der Waals surface area contributed by atoms with E-state index in [1.165, 1.54) is 24.3 Å². The van der Waals surface area contributed by atoms with E-state index < -0.39 is 35.9 Å². The van der Waals surface area contributed by atoms with E-state index in [1.54, 1.807) is 53.8 Å². The summed E-state index contributed by atoms with van der Waals surface area (Å²) in [6.07, 6.45) is 2.95. The summed E-state index contributed by atoms with van der Waals surface area (Å²) in [6.45, 7) is 5.38. The third-order valence-corrected chi connectivity index (χ3v) is 9.34. The van der Waals surface area contributed by atoms with Crippen molar-refractivity contribution in [2.45, 2.75) is 62.7 Å². The molecule has 3 atom stereocenters. The molecular weight excluding hydrogens is 647 g/mol. The van der Waals surface area contributed by atoms with E-state index in [9.17, 15) is 24.3 Å². The molecule has 1 aliphatic rings. The Kier molecular flexibility index (Phi) is 16.8. The van der Waals surface area contributed by atoms with Gasteiger partial charge >= 0.3 is 5.97 Å². The van der Waals surface area contributed by atoms with Crippen LogP contribution < -0.4 is 16.1 Å². The van der Waals surface area contributed by atoms with Crippen molar-refractivity contribution >= 4 is 45.3 Å². The lowest BCUT2D eigenvalue weighted by Gasteiger charge is -2.35. The van der Waals surface area contributed by atoms with Gasteiger partial charge in [-0.2, -0.15) is 0 Å². The summed E-state index contributed by atoms with van der Waals surface area (Å²) in [7, 11) is 4.53. The van der Waals surface area contributed by atoms with E-state index in [1.807, 2.05) is 18.2 Å². The molecule has 3 unspecified atom stereocenters. The number of carbonyl (C=O) groups excluding carboxylic acids is 4. The smallest absolute Gasteiger partial charge is 0.324 e. The third-order valence-electron chi connectivity index (χ3n) is 7.11. The average molecular weight is 692 g/mol. The molecule has 1 fully saturated rings. The number of nitrogens with zero attached hydrogens (tertiary/aromatic N) is 2. The summed E-state index contributed by atoms with van der Waals surface area (Å²) in [6, 6.07) is 9.54. The molecule has 1 aliphatic heterocycles. The fourth-order valence-electron chi connectivity index (χ4n) is 4.68. The van der Waals surface area contributed by atoms with E-state index in [-0.39, 0.29) is 37.0 Å². The van der Waals surface area contributed by atoms with E-state index in [4.69, 9.17) is 14.2 Å². The number of esters is 1. The second-order valence-electron chi connectivity index (χ2n) is 11.1. The number of pyridine rings is 1. The summed E-state index contributed by atoms with van der Waals surface area (Å²) in [5.74, 6) is -1.29. The van der Waals surface area contributed by atoms with Gasteiger partial charge in [0.2, 0.25) is 11.8 Å². The molecule has 0 aliphatic carbocycles. The normalized spacial score (nSPS) is 15.9. The lowest BCUT2D eigenvalue weighted by Crippen LogP contribution is -2.62. The zero-order valence-corrected chi connectivity index (χ0v) is 28.6. The first-order valence-corrected chi connectivity index (χ1v) is 17.9. The van der Waals surface area contributed by atoms with Crippen LogP contribution in [0, 0.1) is 5.92 Å². The van der Waals surface area contributed by atoms with E-state index in [0.29, 0.717) is 44.8 Å². The Morgan fingerprint density at radius 2 is 1.85 bits per heavy atom. The molecule has 4 N–H and O–H groups in total. The number of benzene rings is 1. The second-order valence-corrected chi connectivity index (χ2v) is 13.5. The number of phenols is 1. The van der Waals surface area contributed by atoms with Crippen LogP contribution in [0.1, 0.15) is 38.7 Å². The van der Waals surface area contributed by atoms with Crippen molar-refractivity contribution in [2.24, 2.45) is 5.92 Å². The Morgan fingerprint density at radius 1 is 1.06 bits per heavy atom. The summed E-state index contributed by atoms with van der Waals surface area (Å²) in [5.41, 5.74) is 3.53. The predicted octanol–water partition coefficient (Wildman–Crippen LogP) is 2.49. The molecule has 47 heavy (non-hydrogen) atoms. The second kappa shape index (κ2) is 20.8. The number of amides is 3. The number of ether oxygens (including phenoxy) is 3. The molecule has 258 valence electrons. The number of hydrogen-bond donors (Lipinski definition) is 4. The average Bonchev–Trinajstić information content (AvgIpc) is 3.07. The van der Waals surface area contributed by atoms with Gasteiger partial charge in [-0.1, -0.05) is 42.8 Å². The highest BCUT2D eigenvalue weighted by Gasteiger charge is 2.34. The van der Waals surface area contributed by atoms with Crippen LogP contribution in [-0.2, 0) is 39.8 Å². The molecule has 13 nitrogen and oxygen atoms in total. The topological polar surface area (TPSA) is 168 Å². The van der Waals surface area contributed by atoms with Gasteiger partial charge in [0.05, 0.1) is 33.5 Å². The maximum atomic E-state index is 13.7. The van der Waals surface area contributed by atoms with E-state index in [2.05, 4.69) is 21.0 Å². The molecule has 0 radical (unpaired) electrons. The first kappa shape index (κ1) is 38.1. The number of methoxy groups -OCH3 is 1. The van der Waals surface area contributed by atoms with Crippen molar-refractivity contribution in [3.8, 4) is 5.75 Å². The summed E-state index contributed by atoms with van der Waals surface area (Å²) < 4.78 is 15.9. The molecule has 3 amide bonds. The summed E-state index contributed by atoms with van der Waals surface area (Å²) >= 11 is 0. The molecule has 0 spiro atoms. The molecule has 3 rings (SSSR count). The highest BCUT2D eigenvalue weighted by atomic mass is 33.1. The Balaban J connectivity index is 1.46. The monoisotopic (exact) mass is 691 g/mol. The number of hydrogen-bond acceptors (Lipinski definition) is 12. The summed E-state index contributed by atoms with van der Waals surface area (Å²) in [4.78, 5) is 56.3. The van der Waals surface area contributed by atoms with E-state index >= 15 is 0 Å². The molecule has 0 bridgehead atoms. The molecule has 2 aromatic rings. The molecular formula is C32H45N5O8S2. The largest absolute Gasteiger partial charge is 0.508 e. The van der Waals surface area contributed by atoms with Crippen molar-refractivity contribution in [3.05, 3.63) is 54.2 Å². The first-order chi connectivity index (χ1) is 22.7. The Labute approximate surface area is 283 Å². The zero-order chi connectivity index (χ0) is 34.0. The van der Waals surface area contributed by atoms with Crippen molar-refractivity contribution in [1.82, 2.24) is 26.1 Å². The number of carbonyl (C=O) groups is 4. The number of aromatic nitrogens is 1. The Morgan fingerprint density at radius 3 is 2.55 bits per heavy atom. The van der Waals surface area contributed by atoms with Crippen LogP contribution in [0.2, 0.25) is 0 Å². The maximum absolute atomic E-state index is 13.7. The maximum Gasteiger partial charge on any atom is 0.324 e. The van der Waals surface area contributed by atoms with Crippen LogP contribution >= 0.6 is 21.6 Å². The Bertz CT molecular complexity index is 1290. The van der Waals surface area contributed by atoms with Gasteiger partial charge in [-0.3, -0.25) is 24.2 Å². The molecule has 1 aromatic heterocycles. The molecule has 1 saturated heterocycles. The van der Waals surface area contributed by atoms with Crippen LogP contribution in [0.5, 0.6) is 5.75 Å². The number of rotatable bonds is 19. The first-order valence-electron chi connectivity index (χ1n) is 15.6. The van der Waals surface area contributed by atoms with Crippen molar-refractivity contribution in [3.63, 3.8) is 0 Å². The number of phenolic OH excluding ortho intramolecular Hbond substituents is 1. The van der Waals surface area contributed by atoms with Gasteiger partial charge in [0, 0.05) is 31.3 Å². The van der Waals surface area contributed by atoms with Gasteiger partial charge < -0.3 is 30.0 Å². The molecule has 0 saturated carbocycles. The van der Waals surface area contributed by atoms with Gasteiger partial charge in [0.1, 0.15) is 28.9 Å². The minimum Gasteiger partial charge on any atom is -0.508 e. The van der Waals surface area contributed by atoms with Gasteiger partial charge in [0.15, 0.2) is 0 Å². The van der Waals surface area contributed by atoms with Crippen LogP contribution in [0.25, 0.3) is 0 Å². The standard InChI is InChI=1S/C32H45N5O8S2/c1-22(2)29(35-27(39)12-15-44-16-17-45-18-19-46-47-28-11-4-5-13-33-28)30(40)34-26(21-23-8-6-9-24(38)20-23)31(41)37-14-7-10-25(36-37)32(42)43-3/h4-6,8-9,11,13,20,22,25-26,29,36,38H,7,10,12,14-19,21H2,1-3H3,(H,34,40)(H,35,39). The molecule has 2 heterocycles. The lowest BCUT2D eigenvalue weighted by molar-refractivity contribution is -0.151. The van der Waals surface area contributed by atoms with Crippen LogP contribution in [-0.4, -0.2) is 103 Å². The van der Waals surface area contributed by atoms with Gasteiger partial charge in [-0.25, -0.2) is 10.4 Å². The van der Waals surface area contributed by atoms with E-state index in [0.717, 1.165) is 10.8 Å². The van der Waals surface area contributed by atoms with Crippen LogP contribution in [0.3, 0.4) is 0 Å². The minimum absolute atomic E-state index is 0.0256. The number of aromatic hydroxyl groups is 1. The van der Waals surface area contributed by atoms with Crippen LogP contribution in [0.15, 0.2) is 53.7 Å². The third kappa shape index (κ3) is 13.7. The van der Waals surface area contributed by atoms with Gasteiger partial charge in [-0.05, 0) is 59.4 Å². The van der Waals surface area contributed by atoms with Crippen molar-refractivity contribution in [2.75, 3.05) is 45.8 Å². The van der Waals surface area contributed by atoms with Crippen molar-refractivity contribution < 1.29 is 38.5 Å². The van der Waals surface area contributed by atoms with Crippen LogP contribution in [0.4, 0.5) is 0 Å². The summed E-state index contributed by atoms with van der Waals surface area (Å²) in [5, 5.41) is 17.8. The SMILES string of the molecule is COC(=O)C1CCCN(C(=O)C(Cc2cccc(O)c2)NC(=O)C(NC(=O)CCOCCOCCSSc2ccccn2)C(C)C)N1. The highest BCUT2D eigenvalue weighted by molar-refractivity contribution is 8.76. The lowest BCUT2D eigenvalue weighted by atomic mass is 10.00. The van der Waals surface area contributed by atoms with Gasteiger partial charge in [-0.15, -0.1) is 0 Å². The van der Waals surface area contributed by atoms with Gasteiger partial charge in [0.25, 0.3) is 5.91 Å². The minimum atomic E-state index is -1.04.